The number of hydrogen-bond donors (Lipinski definition) is 1. The van der Waals surface area contributed by atoms with Gasteiger partial charge in [0.25, 0.3) is 0 Å². The lowest BCUT2D eigenvalue weighted by atomic mass is 10.1. The molecule has 1 N–H and O–H groups in total. The fourth-order valence-electron chi connectivity index (χ4n) is 2.89. The van der Waals surface area contributed by atoms with Crippen molar-refractivity contribution >= 4 is 17.2 Å². The van der Waals surface area contributed by atoms with E-state index in [-0.39, 0.29) is 11.6 Å². The Kier molecular flexibility index (Phi) is 4.42. The molecule has 118 valence electrons. The Labute approximate surface area is 132 Å². The predicted octanol–water partition coefficient (Wildman–Crippen LogP) is 1.27. The highest BCUT2D eigenvalue weighted by atomic mass is 32.1. The van der Waals surface area contributed by atoms with Gasteiger partial charge in [-0.1, -0.05) is 12.5 Å². The molecular formula is C15H20N4O2S. The standard InChI is InChI=1S/C15H20N4O2S/c1-18-15(21)19-12(6-2-3-7-13(19)17-18)14(20)16-9-8-11-5-4-10-22-11/h4-5,10,12H,2-3,6-9H2,1H3,(H,16,20). The van der Waals surface area contributed by atoms with Gasteiger partial charge in [0.2, 0.25) is 5.91 Å². The fraction of sp³-hybridized carbons (Fsp3) is 0.533. The van der Waals surface area contributed by atoms with Gasteiger partial charge >= 0.3 is 5.69 Å². The highest BCUT2D eigenvalue weighted by molar-refractivity contribution is 7.09. The van der Waals surface area contributed by atoms with Gasteiger partial charge in [-0.25, -0.2) is 9.48 Å². The van der Waals surface area contributed by atoms with Gasteiger partial charge in [-0.05, 0) is 30.7 Å². The number of amides is 1. The Morgan fingerprint density at radius 2 is 2.36 bits per heavy atom. The molecule has 0 spiro atoms. The molecule has 0 aliphatic carbocycles. The van der Waals surface area contributed by atoms with Gasteiger partial charge in [-0.2, -0.15) is 5.10 Å². The predicted molar refractivity (Wildman–Crippen MR) is 85.1 cm³/mol. The van der Waals surface area contributed by atoms with Crippen molar-refractivity contribution in [3.63, 3.8) is 0 Å². The first-order chi connectivity index (χ1) is 10.7. The number of rotatable bonds is 4. The van der Waals surface area contributed by atoms with Crippen LogP contribution in [0.1, 0.15) is 36.0 Å². The Bertz CT molecular complexity index is 702. The molecule has 7 heteroatoms. The highest BCUT2D eigenvalue weighted by Crippen LogP contribution is 2.21. The summed E-state index contributed by atoms with van der Waals surface area (Å²) in [6, 6.07) is 3.64. The van der Waals surface area contributed by atoms with E-state index in [1.165, 1.54) is 9.56 Å². The van der Waals surface area contributed by atoms with E-state index in [1.807, 2.05) is 11.4 Å². The van der Waals surface area contributed by atoms with Crippen LogP contribution in [0.25, 0.3) is 0 Å². The third kappa shape index (κ3) is 2.99. The first-order valence-corrected chi connectivity index (χ1v) is 8.49. The van der Waals surface area contributed by atoms with E-state index < -0.39 is 6.04 Å². The Hall–Kier alpha value is -1.89. The van der Waals surface area contributed by atoms with Crippen molar-refractivity contribution in [2.75, 3.05) is 6.54 Å². The van der Waals surface area contributed by atoms with Crippen molar-refractivity contribution in [3.8, 4) is 0 Å². The molecule has 2 aromatic rings. The average molecular weight is 320 g/mol. The van der Waals surface area contributed by atoms with E-state index in [1.54, 1.807) is 23.0 Å². The second kappa shape index (κ2) is 6.48. The molecule has 0 bridgehead atoms. The Morgan fingerprint density at radius 1 is 1.50 bits per heavy atom. The second-order valence-corrected chi connectivity index (χ2v) is 6.61. The molecule has 0 saturated heterocycles. The minimum absolute atomic E-state index is 0.0743. The first kappa shape index (κ1) is 15.0. The van der Waals surface area contributed by atoms with Gasteiger partial charge in [-0.3, -0.25) is 9.36 Å². The molecule has 1 unspecified atom stereocenters. The Balaban J connectivity index is 1.70. The minimum Gasteiger partial charge on any atom is -0.354 e. The Morgan fingerprint density at radius 3 is 3.14 bits per heavy atom. The molecule has 2 aromatic heterocycles. The molecule has 1 aliphatic rings. The molecule has 6 nitrogen and oxygen atoms in total. The van der Waals surface area contributed by atoms with Crippen LogP contribution < -0.4 is 11.0 Å². The van der Waals surface area contributed by atoms with E-state index in [9.17, 15) is 9.59 Å². The van der Waals surface area contributed by atoms with Crippen molar-refractivity contribution < 1.29 is 4.79 Å². The first-order valence-electron chi connectivity index (χ1n) is 7.61. The van der Waals surface area contributed by atoms with Crippen LogP contribution in [-0.2, 0) is 24.7 Å². The molecular weight excluding hydrogens is 300 g/mol. The van der Waals surface area contributed by atoms with Crippen LogP contribution in [0, 0.1) is 0 Å². The smallest absolute Gasteiger partial charge is 0.346 e. The molecule has 1 amide bonds. The molecule has 3 heterocycles. The van der Waals surface area contributed by atoms with Gasteiger partial charge in [-0.15, -0.1) is 11.3 Å². The highest BCUT2D eigenvalue weighted by Gasteiger charge is 2.28. The largest absolute Gasteiger partial charge is 0.354 e. The SMILES string of the molecule is Cn1nc2n(c1=O)C(C(=O)NCCc1cccs1)CCCC2. The number of carbonyl (C=O) groups is 1. The summed E-state index contributed by atoms with van der Waals surface area (Å²) >= 11 is 1.69. The van der Waals surface area contributed by atoms with Crippen LogP contribution in [0.15, 0.2) is 22.3 Å². The van der Waals surface area contributed by atoms with Crippen LogP contribution in [0.5, 0.6) is 0 Å². The number of aromatic nitrogens is 3. The fourth-order valence-corrected chi connectivity index (χ4v) is 3.60. The quantitative estimate of drug-likeness (QED) is 0.922. The van der Waals surface area contributed by atoms with Crippen molar-refractivity contribution in [3.05, 3.63) is 38.7 Å². The van der Waals surface area contributed by atoms with E-state index in [0.717, 1.165) is 31.5 Å². The number of nitrogens with one attached hydrogen (secondary N) is 1. The summed E-state index contributed by atoms with van der Waals surface area (Å²) in [5.41, 5.74) is -0.199. The number of nitrogens with zero attached hydrogens (tertiary/aromatic N) is 3. The second-order valence-electron chi connectivity index (χ2n) is 5.57. The summed E-state index contributed by atoms with van der Waals surface area (Å²) in [4.78, 5) is 26.0. The van der Waals surface area contributed by atoms with Gasteiger partial charge in [0.05, 0.1) is 0 Å². The van der Waals surface area contributed by atoms with Crippen molar-refractivity contribution in [2.24, 2.45) is 7.05 Å². The van der Waals surface area contributed by atoms with Crippen LogP contribution in [0.4, 0.5) is 0 Å². The molecule has 0 fully saturated rings. The van der Waals surface area contributed by atoms with Gasteiger partial charge in [0.1, 0.15) is 11.9 Å². The van der Waals surface area contributed by atoms with E-state index in [0.29, 0.717) is 13.0 Å². The third-order valence-corrected chi connectivity index (χ3v) is 4.96. The zero-order valence-corrected chi connectivity index (χ0v) is 13.4. The summed E-state index contributed by atoms with van der Waals surface area (Å²) in [6.45, 7) is 0.597. The van der Waals surface area contributed by atoms with Crippen molar-refractivity contribution in [2.45, 2.75) is 38.1 Å². The zero-order valence-electron chi connectivity index (χ0n) is 12.6. The van der Waals surface area contributed by atoms with Gasteiger partial charge in [0, 0.05) is 24.9 Å². The van der Waals surface area contributed by atoms with Crippen LogP contribution in [-0.4, -0.2) is 26.8 Å². The number of thiophene rings is 1. The number of carbonyl (C=O) groups excluding carboxylic acids is 1. The monoisotopic (exact) mass is 320 g/mol. The molecule has 1 aliphatic heterocycles. The lowest BCUT2D eigenvalue weighted by Gasteiger charge is -2.16. The minimum atomic E-state index is -0.429. The number of aryl methyl sites for hydroxylation is 2. The number of hydrogen-bond acceptors (Lipinski definition) is 4. The summed E-state index contributed by atoms with van der Waals surface area (Å²) in [7, 11) is 1.63. The third-order valence-electron chi connectivity index (χ3n) is 4.02. The lowest BCUT2D eigenvalue weighted by Crippen LogP contribution is -2.38. The van der Waals surface area contributed by atoms with E-state index in [2.05, 4.69) is 16.5 Å². The maximum Gasteiger partial charge on any atom is 0.346 e. The summed E-state index contributed by atoms with van der Waals surface area (Å²) < 4.78 is 2.90. The maximum absolute atomic E-state index is 12.5. The molecule has 3 rings (SSSR count). The topological polar surface area (TPSA) is 68.9 Å². The molecule has 0 aromatic carbocycles. The zero-order chi connectivity index (χ0) is 15.5. The molecule has 0 saturated carbocycles. The van der Waals surface area contributed by atoms with Gasteiger partial charge in [0.15, 0.2) is 0 Å². The number of fused-ring (bicyclic) bond motifs is 1. The molecule has 0 radical (unpaired) electrons. The molecule has 22 heavy (non-hydrogen) atoms. The van der Waals surface area contributed by atoms with Crippen LogP contribution in [0.2, 0.25) is 0 Å². The van der Waals surface area contributed by atoms with Crippen molar-refractivity contribution in [1.82, 2.24) is 19.7 Å². The summed E-state index contributed by atoms with van der Waals surface area (Å²) in [5, 5.41) is 9.25. The van der Waals surface area contributed by atoms with Crippen LogP contribution in [0.3, 0.4) is 0 Å². The van der Waals surface area contributed by atoms with Crippen LogP contribution >= 0.6 is 11.3 Å². The molecule has 1 atom stereocenters. The van der Waals surface area contributed by atoms with Crippen molar-refractivity contribution in [1.29, 1.82) is 0 Å². The summed E-state index contributed by atoms with van der Waals surface area (Å²) in [5.74, 6) is 0.651. The van der Waals surface area contributed by atoms with E-state index >= 15 is 0 Å². The summed E-state index contributed by atoms with van der Waals surface area (Å²) in [6.07, 6.45) is 4.19. The van der Waals surface area contributed by atoms with E-state index in [4.69, 9.17) is 0 Å². The maximum atomic E-state index is 12.5. The average Bonchev–Trinajstić information content (AvgIpc) is 3.04. The van der Waals surface area contributed by atoms with Gasteiger partial charge < -0.3 is 5.32 Å². The lowest BCUT2D eigenvalue weighted by molar-refractivity contribution is -0.124. The normalized spacial score (nSPS) is 17.8.